The van der Waals surface area contributed by atoms with Crippen molar-refractivity contribution < 1.29 is 9.53 Å². The second-order valence-corrected chi connectivity index (χ2v) is 6.39. The Morgan fingerprint density at radius 3 is 3.04 bits per heavy atom. The maximum Gasteiger partial charge on any atom is 0.274 e. The van der Waals surface area contributed by atoms with Gasteiger partial charge in [0.15, 0.2) is 5.69 Å². The summed E-state index contributed by atoms with van der Waals surface area (Å²) in [5.41, 5.74) is 3.51. The van der Waals surface area contributed by atoms with Crippen molar-refractivity contribution in [3.8, 4) is 0 Å². The van der Waals surface area contributed by atoms with Crippen molar-refractivity contribution in [2.45, 2.75) is 31.8 Å². The molecule has 1 aliphatic carbocycles. The summed E-state index contributed by atoms with van der Waals surface area (Å²) in [7, 11) is 1.80. The number of aryl methyl sites for hydroxylation is 1. The summed E-state index contributed by atoms with van der Waals surface area (Å²) in [4.78, 5) is 23.5. The van der Waals surface area contributed by atoms with Gasteiger partial charge < -0.3 is 15.0 Å². The van der Waals surface area contributed by atoms with E-state index < -0.39 is 0 Å². The topological polar surface area (TPSA) is 96.0 Å². The third-order valence-electron chi connectivity index (χ3n) is 4.88. The standard InChI is InChI=1S/C17H22N6O2/c1-18-16-15(19-6-7-20-16)13-10-23(8-9-25-13)17(24)14-11-4-2-3-5-12(11)21-22-14/h6-7,13H,2-5,8-10H2,1H3,(H,18,20)(H,21,22)/t13-/m1/s1. The lowest BCUT2D eigenvalue weighted by atomic mass is 9.95. The normalized spacial score (nSPS) is 20.2. The van der Waals surface area contributed by atoms with Crippen LogP contribution in [0.25, 0.3) is 0 Å². The minimum atomic E-state index is -0.288. The summed E-state index contributed by atoms with van der Waals surface area (Å²) in [6.45, 7) is 1.49. The van der Waals surface area contributed by atoms with E-state index in [0.29, 0.717) is 31.2 Å². The molecule has 1 atom stereocenters. The van der Waals surface area contributed by atoms with Crippen LogP contribution in [0.1, 0.15) is 46.4 Å². The predicted octanol–water partition coefficient (Wildman–Crippen LogP) is 1.33. The molecule has 8 nitrogen and oxygen atoms in total. The summed E-state index contributed by atoms with van der Waals surface area (Å²) in [6, 6.07) is 0. The monoisotopic (exact) mass is 342 g/mol. The molecule has 132 valence electrons. The number of amides is 1. The molecule has 2 N–H and O–H groups in total. The SMILES string of the molecule is CNc1nccnc1[C@H]1CN(C(=O)c2n[nH]c3c2CCCC3)CCO1. The summed E-state index contributed by atoms with van der Waals surface area (Å²) in [6.07, 6.45) is 7.16. The van der Waals surface area contributed by atoms with Crippen molar-refractivity contribution in [2.75, 3.05) is 32.1 Å². The maximum absolute atomic E-state index is 13.0. The second-order valence-electron chi connectivity index (χ2n) is 6.39. The number of ether oxygens (including phenoxy) is 1. The molecule has 2 aromatic heterocycles. The Hall–Kier alpha value is -2.48. The molecule has 2 aliphatic rings. The number of H-pyrrole nitrogens is 1. The number of fused-ring (bicyclic) bond motifs is 1. The van der Waals surface area contributed by atoms with Gasteiger partial charge in [-0.3, -0.25) is 14.9 Å². The van der Waals surface area contributed by atoms with E-state index in [0.717, 1.165) is 42.6 Å². The van der Waals surface area contributed by atoms with Crippen LogP contribution in [0.4, 0.5) is 5.82 Å². The highest BCUT2D eigenvalue weighted by molar-refractivity contribution is 5.94. The average molecular weight is 342 g/mol. The van der Waals surface area contributed by atoms with Gasteiger partial charge in [0, 0.05) is 37.2 Å². The summed E-state index contributed by atoms with van der Waals surface area (Å²) in [5.74, 6) is 0.654. The van der Waals surface area contributed by atoms with E-state index in [1.54, 1.807) is 19.4 Å². The fourth-order valence-electron chi connectivity index (χ4n) is 3.58. The van der Waals surface area contributed by atoms with Crippen LogP contribution >= 0.6 is 0 Å². The number of carbonyl (C=O) groups excluding carboxylic acids is 1. The van der Waals surface area contributed by atoms with Crippen molar-refractivity contribution in [3.05, 3.63) is 35.0 Å². The number of morpholine rings is 1. The molecule has 25 heavy (non-hydrogen) atoms. The molecule has 3 heterocycles. The quantitative estimate of drug-likeness (QED) is 0.874. The first-order chi connectivity index (χ1) is 12.3. The Bertz CT molecular complexity index is 774. The van der Waals surface area contributed by atoms with Gasteiger partial charge in [-0.15, -0.1) is 0 Å². The van der Waals surface area contributed by atoms with E-state index in [2.05, 4.69) is 25.5 Å². The van der Waals surface area contributed by atoms with Crippen LogP contribution in [0, 0.1) is 0 Å². The van der Waals surface area contributed by atoms with Crippen LogP contribution < -0.4 is 5.32 Å². The van der Waals surface area contributed by atoms with Crippen molar-refractivity contribution >= 4 is 11.7 Å². The Balaban J connectivity index is 1.55. The van der Waals surface area contributed by atoms with Crippen LogP contribution in [0.5, 0.6) is 0 Å². The number of nitrogens with zero attached hydrogens (tertiary/aromatic N) is 4. The van der Waals surface area contributed by atoms with Crippen LogP contribution in [0.2, 0.25) is 0 Å². The smallest absolute Gasteiger partial charge is 0.274 e. The molecule has 1 saturated heterocycles. The van der Waals surface area contributed by atoms with E-state index in [1.807, 2.05) is 4.90 Å². The molecule has 0 aromatic carbocycles. The number of anilines is 1. The van der Waals surface area contributed by atoms with Crippen LogP contribution in [-0.4, -0.2) is 57.7 Å². The predicted molar refractivity (Wildman–Crippen MR) is 91.4 cm³/mol. The maximum atomic E-state index is 13.0. The molecule has 0 bridgehead atoms. The molecule has 0 unspecified atom stereocenters. The van der Waals surface area contributed by atoms with Crippen LogP contribution in [-0.2, 0) is 17.6 Å². The Kier molecular flexibility index (Phi) is 4.35. The highest BCUT2D eigenvalue weighted by atomic mass is 16.5. The van der Waals surface area contributed by atoms with Gasteiger partial charge in [0.1, 0.15) is 17.6 Å². The second kappa shape index (κ2) is 6.79. The van der Waals surface area contributed by atoms with E-state index in [-0.39, 0.29) is 12.0 Å². The molecule has 2 aromatic rings. The van der Waals surface area contributed by atoms with E-state index in [9.17, 15) is 4.79 Å². The molecular formula is C17H22N6O2. The highest BCUT2D eigenvalue weighted by Gasteiger charge is 2.31. The first-order valence-electron chi connectivity index (χ1n) is 8.73. The number of rotatable bonds is 3. The van der Waals surface area contributed by atoms with Crippen molar-refractivity contribution in [1.29, 1.82) is 0 Å². The van der Waals surface area contributed by atoms with Gasteiger partial charge in [-0.1, -0.05) is 0 Å². The lowest BCUT2D eigenvalue weighted by Gasteiger charge is -2.33. The molecule has 4 rings (SSSR count). The summed E-state index contributed by atoms with van der Waals surface area (Å²) >= 11 is 0. The van der Waals surface area contributed by atoms with Gasteiger partial charge in [0.05, 0.1) is 13.2 Å². The molecule has 1 aliphatic heterocycles. The van der Waals surface area contributed by atoms with Gasteiger partial charge in [0.2, 0.25) is 0 Å². The van der Waals surface area contributed by atoms with Gasteiger partial charge in [-0.05, 0) is 25.7 Å². The van der Waals surface area contributed by atoms with Gasteiger partial charge in [-0.2, -0.15) is 5.10 Å². The number of hydrogen-bond donors (Lipinski definition) is 2. The first kappa shape index (κ1) is 16.0. The minimum absolute atomic E-state index is 0.0254. The number of aromatic amines is 1. The number of nitrogens with one attached hydrogen (secondary N) is 2. The van der Waals surface area contributed by atoms with Crippen molar-refractivity contribution in [2.24, 2.45) is 0 Å². The van der Waals surface area contributed by atoms with Gasteiger partial charge in [-0.25, -0.2) is 4.98 Å². The third-order valence-corrected chi connectivity index (χ3v) is 4.88. The number of hydrogen-bond acceptors (Lipinski definition) is 6. The lowest BCUT2D eigenvalue weighted by Crippen LogP contribution is -2.43. The highest BCUT2D eigenvalue weighted by Crippen LogP contribution is 2.27. The zero-order valence-electron chi connectivity index (χ0n) is 14.3. The number of carbonyl (C=O) groups is 1. The Morgan fingerprint density at radius 2 is 2.16 bits per heavy atom. The number of aromatic nitrogens is 4. The van der Waals surface area contributed by atoms with Crippen LogP contribution in [0.3, 0.4) is 0 Å². The molecular weight excluding hydrogens is 320 g/mol. The third kappa shape index (κ3) is 2.97. The summed E-state index contributed by atoms with van der Waals surface area (Å²) < 4.78 is 5.85. The minimum Gasteiger partial charge on any atom is -0.372 e. The molecule has 0 spiro atoms. The molecule has 0 saturated carbocycles. The molecule has 1 fully saturated rings. The fourth-order valence-corrected chi connectivity index (χ4v) is 3.58. The van der Waals surface area contributed by atoms with Crippen LogP contribution in [0.15, 0.2) is 12.4 Å². The zero-order chi connectivity index (χ0) is 17.2. The average Bonchev–Trinajstić information content (AvgIpc) is 3.11. The fraction of sp³-hybridized carbons (Fsp3) is 0.529. The van der Waals surface area contributed by atoms with E-state index in [1.165, 1.54) is 0 Å². The Labute approximate surface area is 146 Å². The van der Waals surface area contributed by atoms with Crippen molar-refractivity contribution in [1.82, 2.24) is 25.1 Å². The van der Waals surface area contributed by atoms with Gasteiger partial charge >= 0.3 is 0 Å². The van der Waals surface area contributed by atoms with E-state index in [4.69, 9.17) is 4.74 Å². The molecule has 1 amide bonds. The lowest BCUT2D eigenvalue weighted by molar-refractivity contribution is -0.0247. The van der Waals surface area contributed by atoms with E-state index >= 15 is 0 Å². The summed E-state index contributed by atoms with van der Waals surface area (Å²) in [5, 5.41) is 10.4. The molecule has 8 heteroatoms. The first-order valence-corrected chi connectivity index (χ1v) is 8.73. The van der Waals surface area contributed by atoms with Crippen molar-refractivity contribution in [3.63, 3.8) is 0 Å². The molecule has 0 radical (unpaired) electrons. The van der Waals surface area contributed by atoms with Gasteiger partial charge in [0.25, 0.3) is 5.91 Å². The largest absolute Gasteiger partial charge is 0.372 e. The zero-order valence-corrected chi connectivity index (χ0v) is 14.3. The Morgan fingerprint density at radius 1 is 1.32 bits per heavy atom.